The van der Waals surface area contributed by atoms with Crippen molar-refractivity contribution >= 4 is 43.0 Å². The van der Waals surface area contributed by atoms with Crippen LogP contribution < -0.4 is 5.32 Å². The van der Waals surface area contributed by atoms with Gasteiger partial charge < -0.3 is 5.32 Å². The van der Waals surface area contributed by atoms with Crippen molar-refractivity contribution in [3.63, 3.8) is 0 Å². The normalized spacial score (nSPS) is 11.1. The number of hydrogen-bond acceptors (Lipinski definition) is 3. The number of pyridine rings is 1. The monoisotopic (exact) mass is 352 g/mol. The highest BCUT2D eigenvalue weighted by Crippen LogP contribution is 2.34. The molecule has 26 heavy (non-hydrogen) atoms. The predicted octanol–water partition coefficient (Wildman–Crippen LogP) is 6.86. The van der Waals surface area contributed by atoms with E-state index in [4.69, 9.17) is 0 Å². The molecule has 1 N–H and O–H groups in total. The molecule has 0 bridgehead atoms. The minimum atomic E-state index is 1.09. The van der Waals surface area contributed by atoms with Gasteiger partial charge in [-0.3, -0.25) is 0 Å². The first-order chi connectivity index (χ1) is 12.9. The Morgan fingerprint density at radius 3 is 2.27 bits per heavy atom. The van der Waals surface area contributed by atoms with Gasteiger partial charge in [-0.25, -0.2) is 4.98 Å². The molecule has 0 amide bonds. The van der Waals surface area contributed by atoms with Gasteiger partial charge in [0.05, 0.1) is 0 Å². The van der Waals surface area contributed by atoms with Gasteiger partial charge in [0.15, 0.2) is 0 Å². The molecule has 3 heteroatoms. The van der Waals surface area contributed by atoms with Crippen LogP contribution in [-0.4, -0.2) is 4.98 Å². The van der Waals surface area contributed by atoms with Gasteiger partial charge in [0, 0.05) is 33.0 Å². The summed E-state index contributed by atoms with van der Waals surface area (Å²) in [7, 11) is 0. The molecule has 5 aromatic rings. The lowest BCUT2D eigenvalue weighted by Crippen LogP contribution is -1.89. The lowest BCUT2D eigenvalue weighted by molar-refractivity contribution is 1.45. The van der Waals surface area contributed by atoms with Crippen LogP contribution in [0.15, 0.2) is 91.1 Å². The maximum Gasteiger partial charge on any atom is 0.124 e. The molecule has 2 heterocycles. The van der Waals surface area contributed by atoms with E-state index in [1.54, 1.807) is 11.3 Å². The van der Waals surface area contributed by atoms with E-state index in [2.05, 4.69) is 83.1 Å². The smallest absolute Gasteiger partial charge is 0.124 e. The summed E-state index contributed by atoms with van der Waals surface area (Å²) in [4.78, 5) is 5.56. The Labute approximate surface area is 155 Å². The van der Waals surface area contributed by atoms with Crippen LogP contribution in [0.25, 0.3) is 31.4 Å². The summed E-state index contributed by atoms with van der Waals surface area (Å²) < 4.78 is 1.25. The van der Waals surface area contributed by atoms with E-state index in [9.17, 15) is 0 Å². The van der Waals surface area contributed by atoms with E-state index in [-0.39, 0.29) is 0 Å². The maximum atomic E-state index is 4.47. The van der Waals surface area contributed by atoms with Crippen LogP contribution in [0.3, 0.4) is 0 Å². The van der Waals surface area contributed by atoms with Crippen molar-refractivity contribution in [1.29, 1.82) is 0 Å². The van der Waals surface area contributed by atoms with Crippen molar-refractivity contribution in [2.24, 2.45) is 0 Å². The van der Waals surface area contributed by atoms with Crippen molar-refractivity contribution in [2.45, 2.75) is 0 Å². The summed E-state index contributed by atoms with van der Waals surface area (Å²) in [6, 6.07) is 29.6. The van der Waals surface area contributed by atoms with Gasteiger partial charge in [0.25, 0.3) is 0 Å². The molecule has 0 fully saturated rings. The van der Waals surface area contributed by atoms with Crippen LogP contribution >= 0.6 is 11.3 Å². The van der Waals surface area contributed by atoms with Crippen LogP contribution in [0.1, 0.15) is 0 Å². The molecule has 0 aliphatic carbocycles. The number of aromatic nitrogens is 1. The Balaban J connectivity index is 1.44. The molecule has 0 saturated carbocycles. The number of nitrogens with one attached hydrogen (secondary N) is 1. The molecule has 0 aliphatic heterocycles. The minimum absolute atomic E-state index is 1.09. The SMILES string of the molecule is c1ccc(-c2ccc(Nc3ccc4c(c3)sc3ncccc34)cc2)cc1. The molecule has 0 radical (unpaired) electrons. The number of anilines is 2. The minimum Gasteiger partial charge on any atom is -0.355 e. The topological polar surface area (TPSA) is 24.9 Å². The molecule has 0 saturated heterocycles. The summed E-state index contributed by atoms with van der Waals surface area (Å²) in [6.07, 6.45) is 1.85. The molecular weight excluding hydrogens is 336 g/mol. The van der Waals surface area contributed by atoms with Gasteiger partial charge >= 0.3 is 0 Å². The first-order valence-electron chi connectivity index (χ1n) is 8.57. The van der Waals surface area contributed by atoms with Crippen molar-refractivity contribution < 1.29 is 0 Å². The second-order valence-corrected chi connectivity index (χ2v) is 7.27. The molecule has 0 atom stereocenters. The Morgan fingerprint density at radius 1 is 0.654 bits per heavy atom. The lowest BCUT2D eigenvalue weighted by atomic mass is 10.1. The molecule has 5 rings (SSSR count). The predicted molar refractivity (Wildman–Crippen MR) is 112 cm³/mol. The third-order valence-electron chi connectivity index (χ3n) is 4.53. The van der Waals surface area contributed by atoms with Crippen LogP contribution in [0.2, 0.25) is 0 Å². The first kappa shape index (κ1) is 15.1. The highest BCUT2D eigenvalue weighted by molar-refractivity contribution is 7.25. The fourth-order valence-corrected chi connectivity index (χ4v) is 4.32. The van der Waals surface area contributed by atoms with E-state index in [1.165, 1.54) is 26.6 Å². The Bertz CT molecular complexity index is 1190. The molecule has 0 aliphatic rings. The van der Waals surface area contributed by atoms with Crippen LogP contribution in [0.5, 0.6) is 0 Å². The molecular formula is C23H16N2S. The summed E-state index contributed by atoms with van der Waals surface area (Å²) in [5.74, 6) is 0. The van der Waals surface area contributed by atoms with Crippen molar-refractivity contribution in [3.05, 3.63) is 91.1 Å². The Morgan fingerprint density at radius 2 is 1.42 bits per heavy atom. The fraction of sp³-hybridized carbons (Fsp3) is 0. The Kier molecular flexibility index (Phi) is 3.65. The van der Waals surface area contributed by atoms with Crippen LogP contribution in [0.4, 0.5) is 11.4 Å². The summed E-state index contributed by atoms with van der Waals surface area (Å²) >= 11 is 1.74. The van der Waals surface area contributed by atoms with E-state index in [0.717, 1.165) is 16.2 Å². The van der Waals surface area contributed by atoms with Gasteiger partial charge in [-0.2, -0.15) is 0 Å². The van der Waals surface area contributed by atoms with Gasteiger partial charge in [-0.1, -0.05) is 48.5 Å². The third kappa shape index (κ3) is 2.72. The highest BCUT2D eigenvalue weighted by Gasteiger charge is 2.06. The standard InChI is InChI=1S/C23H16N2S/c1-2-5-16(6-3-1)17-8-10-18(11-9-17)25-19-12-13-20-21-7-4-14-24-23(21)26-22(20)15-19/h1-15,25H. The fourth-order valence-electron chi connectivity index (χ4n) is 3.23. The average Bonchev–Trinajstić information content (AvgIpc) is 3.07. The van der Waals surface area contributed by atoms with Crippen molar-refractivity contribution in [1.82, 2.24) is 4.98 Å². The van der Waals surface area contributed by atoms with Crippen LogP contribution in [0, 0.1) is 0 Å². The molecule has 2 aromatic heterocycles. The second-order valence-electron chi connectivity index (χ2n) is 6.24. The number of nitrogens with zero attached hydrogens (tertiary/aromatic N) is 1. The molecule has 0 spiro atoms. The van der Waals surface area contributed by atoms with E-state index in [1.807, 2.05) is 18.3 Å². The third-order valence-corrected chi connectivity index (χ3v) is 5.61. The van der Waals surface area contributed by atoms with Crippen molar-refractivity contribution in [3.8, 4) is 11.1 Å². The molecule has 0 unspecified atom stereocenters. The number of benzene rings is 3. The zero-order chi connectivity index (χ0) is 17.3. The van der Waals surface area contributed by atoms with E-state index >= 15 is 0 Å². The Hall–Kier alpha value is -3.17. The quantitative estimate of drug-likeness (QED) is 0.383. The summed E-state index contributed by atoms with van der Waals surface area (Å²) in [5.41, 5.74) is 4.64. The van der Waals surface area contributed by atoms with Crippen molar-refractivity contribution in [2.75, 3.05) is 5.32 Å². The zero-order valence-electron chi connectivity index (χ0n) is 14.0. The number of fused-ring (bicyclic) bond motifs is 3. The lowest BCUT2D eigenvalue weighted by Gasteiger charge is -2.08. The average molecular weight is 352 g/mol. The maximum absolute atomic E-state index is 4.47. The number of rotatable bonds is 3. The molecule has 2 nitrogen and oxygen atoms in total. The zero-order valence-corrected chi connectivity index (χ0v) is 14.8. The summed E-state index contributed by atoms with van der Waals surface area (Å²) in [5, 5.41) is 6.00. The van der Waals surface area contributed by atoms with Crippen LogP contribution in [-0.2, 0) is 0 Å². The first-order valence-corrected chi connectivity index (χ1v) is 9.38. The number of hydrogen-bond donors (Lipinski definition) is 1. The van der Waals surface area contributed by atoms with Gasteiger partial charge in [-0.15, -0.1) is 11.3 Å². The molecule has 124 valence electrons. The van der Waals surface area contributed by atoms with E-state index in [0.29, 0.717) is 0 Å². The van der Waals surface area contributed by atoms with E-state index < -0.39 is 0 Å². The van der Waals surface area contributed by atoms with Gasteiger partial charge in [-0.05, 0) is 47.5 Å². The second kappa shape index (κ2) is 6.28. The summed E-state index contributed by atoms with van der Waals surface area (Å²) in [6.45, 7) is 0. The largest absolute Gasteiger partial charge is 0.355 e. The molecule has 3 aromatic carbocycles. The van der Waals surface area contributed by atoms with Gasteiger partial charge in [0.2, 0.25) is 0 Å². The highest BCUT2D eigenvalue weighted by atomic mass is 32.1. The van der Waals surface area contributed by atoms with Gasteiger partial charge in [0.1, 0.15) is 4.83 Å². The number of thiophene rings is 1.